The molecule has 1 aliphatic heterocycles. The standard InChI is InChI=1S/C18H21N7/c1-25(12-16-21-10-11-22-16)18-13-5-8-19-9-6-14(13)23-17(24-18)15-4-2-3-7-20-15/h2-4,7,10-11,19H,5-6,8-9,12H2,1H3,(H,21,22). The first-order chi connectivity index (χ1) is 12.3. The molecule has 3 aromatic rings. The summed E-state index contributed by atoms with van der Waals surface area (Å²) >= 11 is 0. The smallest absolute Gasteiger partial charge is 0.180 e. The number of hydrogen-bond acceptors (Lipinski definition) is 6. The molecule has 0 atom stereocenters. The number of hydrogen-bond donors (Lipinski definition) is 2. The van der Waals surface area contributed by atoms with Gasteiger partial charge in [0.05, 0.1) is 12.2 Å². The van der Waals surface area contributed by atoms with Crippen molar-refractivity contribution in [3.8, 4) is 11.5 Å². The molecule has 0 amide bonds. The molecule has 0 radical (unpaired) electrons. The fourth-order valence-electron chi connectivity index (χ4n) is 3.13. The lowest BCUT2D eigenvalue weighted by atomic mass is 10.1. The van der Waals surface area contributed by atoms with Crippen molar-refractivity contribution in [2.45, 2.75) is 19.4 Å². The van der Waals surface area contributed by atoms with E-state index in [1.54, 1.807) is 12.4 Å². The van der Waals surface area contributed by atoms with Crippen molar-refractivity contribution in [3.63, 3.8) is 0 Å². The highest BCUT2D eigenvalue weighted by molar-refractivity contribution is 5.58. The Morgan fingerprint density at radius 3 is 2.80 bits per heavy atom. The van der Waals surface area contributed by atoms with E-state index in [-0.39, 0.29) is 0 Å². The molecule has 0 bridgehead atoms. The summed E-state index contributed by atoms with van der Waals surface area (Å²) in [5, 5.41) is 3.44. The number of pyridine rings is 1. The van der Waals surface area contributed by atoms with Crippen LogP contribution in [0.25, 0.3) is 11.5 Å². The number of aromatic nitrogens is 5. The van der Waals surface area contributed by atoms with Gasteiger partial charge in [-0.1, -0.05) is 6.07 Å². The van der Waals surface area contributed by atoms with Crippen molar-refractivity contribution < 1.29 is 0 Å². The van der Waals surface area contributed by atoms with Crippen LogP contribution in [0.2, 0.25) is 0 Å². The molecule has 0 saturated carbocycles. The molecule has 128 valence electrons. The van der Waals surface area contributed by atoms with Crippen LogP contribution >= 0.6 is 0 Å². The molecule has 0 unspecified atom stereocenters. The Balaban J connectivity index is 1.77. The van der Waals surface area contributed by atoms with E-state index in [0.29, 0.717) is 12.4 Å². The largest absolute Gasteiger partial charge is 0.352 e. The summed E-state index contributed by atoms with van der Waals surface area (Å²) in [4.78, 5) is 23.7. The molecule has 0 saturated heterocycles. The van der Waals surface area contributed by atoms with Gasteiger partial charge in [0.1, 0.15) is 17.3 Å². The van der Waals surface area contributed by atoms with E-state index >= 15 is 0 Å². The van der Waals surface area contributed by atoms with E-state index in [4.69, 9.17) is 9.97 Å². The Kier molecular flexibility index (Phi) is 4.39. The van der Waals surface area contributed by atoms with Crippen LogP contribution in [0.4, 0.5) is 5.82 Å². The minimum absolute atomic E-state index is 0.672. The predicted octanol–water partition coefficient (Wildman–Crippen LogP) is 1.59. The molecule has 1 aliphatic rings. The number of nitrogens with zero attached hydrogens (tertiary/aromatic N) is 5. The van der Waals surface area contributed by atoms with Gasteiger partial charge in [0, 0.05) is 44.2 Å². The van der Waals surface area contributed by atoms with Gasteiger partial charge in [0.2, 0.25) is 0 Å². The van der Waals surface area contributed by atoms with E-state index in [1.165, 1.54) is 5.56 Å². The summed E-state index contributed by atoms with van der Waals surface area (Å²) < 4.78 is 0. The average molecular weight is 335 g/mol. The van der Waals surface area contributed by atoms with Crippen LogP contribution < -0.4 is 10.2 Å². The second kappa shape index (κ2) is 6.98. The lowest BCUT2D eigenvalue weighted by Crippen LogP contribution is -2.22. The monoisotopic (exact) mass is 335 g/mol. The number of rotatable bonds is 4. The summed E-state index contributed by atoms with van der Waals surface area (Å²) in [7, 11) is 2.05. The summed E-state index contributed by atoms with van der Waals surface area (Å²) in [5.41, 5.74) is 3.14. The Morgan fingerprint density at radius 2 is 2.00 bits per heavy atom. The van der Waals surface area contributed by atoms with Gasteiger partial charge in [-0.05, 0) is 25.1 Å². The molecular weight excluding hydrogens is 314 g/mol. The van der Waals surface area contributed by atoms with Gasteiger partial charge < -0.3 is 15.2 Å². The third kappa shape index (κ3) is 3.36. The van der Waals surface area contributed by atoms with Gasteiger partial charge in [-0.25, -0.2) is 15.0 Å². The van der Waals surface area contributed by atoms with Gasteiger partial charge in [0.25, 0.3) is 0 Å². The molecular formula is C18H21N7. The second-order valence-electron chi connectivity index (χ2n) is 6.15. The van der Waals surface area contributed by atoms with Crippen molar-refractivity contribution in [1.29, 1.82) is 0 Å². The SMILES string of the molecule is CN(Cc1ncc[nH]1)c1nc(-c2ccccn2)nc2c1CCNCC2. The zero-order chi connectivity index (χ0) is 17.1. The fourth-order valence-corrected chi connectivity index (χ4v) is 3.13. The fraction of sp³-hybridized carbons (Fsp3) is 0.333. The molecule has 3 aromatic heterocycles. The lowest BCUT2D eigenvalue weighted by Gasteiger charge is -2.22. The molecule has 7 nitrogen and oxygen atoms in total. The van der Waals surface area contributed by atoms with Crippen molar-refractivity contribution in [3.05, 3.63) is 53.9 Å². The maximum atomic E-state index is 4.86. The summed E-state index contributed by atoms with van der Waals surface area (Å²) in [6.45, 7) is 2.55. The number of H-pyrrole nitrogens is 1. The van der Waals surface area contributed by atoms with Crippen molar-refractivity contribution in [2.24, 2.45) is 0 Å². The maximum absolute atomic E-state index is 4.86. The molecule has 4 heterocycles. The normalized spacial score (nSPS) is 14.0. The molecule has 7 heteroatoms. The minimum atomic E-state index is 0.672. The minimum Gasteiger partial charge on any atom is -0.352 e. The Labute approximate surface area is 146 Å². The number of imidazole rings is 1. The molecule has 4 rings (SSSR count). The first kappa shape index (κ1) is 15.7. The van der Waals surface area contributed by atoms with E-state index in [9.17, 15) is 0 Å². The van der Waals surface area contributed by atoms with E-state index in [1.807, 2.05) is 31.4 Å². The van der Waals surface area contributed by atoms with E-state index < -0.39 is 0 Å². The summed E-state index contributed by atoms with van der Waals surface area (Å²) in [5.74, 6) is 2.56. The first-order valence-corrected chi connectivity index (χ1v) is 8.52. The Morgan fingerprint density at radius 1 is 1.08 bits per heavy atom. The van der Waals surface area contributed by atoms with Crippen molar-refractivity contribution in [2.75, 3.05) is 25.0 Å². The van der Waals surface area contributed by atoms with Gasteiger partial charge in [-0.15, -0.1) is 0 Å². The number of fused-ring (bicyclic) bond motifs is 1. The van der Waals surface area contributed by atoms with Gasteiger partial charge >= 0.3 is 0 Å². The van der Waals surface area contributed by atoms with Crippen LogP contribution in [0.5, 0.6) is 0 Å². The molecule has 0 fully saturated rings. The number of aromatic amines is 1. The zero-order valence-electron chi connectivity index (χ0n) is 14.2. The third-order valence-corrected chi connectivity index (χ3v) is 4.36. The predicted molar refractivity (Wildman–Crippen MR) is 96.2 cm³/mol. The summed E-state index contributed by atoms with van der Waals surface area (Å²) in [6, 6.07) is 5.82. The topological polar surface area (TPSA) is 82.6 Å². The first-order valence-electron chi connectivity index (χ1n) is 8.52. The van der Waals surface area contributed by atoms with Crippen LogP contribution in [0.1, 0.15) is 17.1 Å². The van der Waals surface area contributed by atoms with Crippen LogP contribution in [0.15, 0.2) is 36.8 Å². The third-order valence-electron chi connectivity index (χ3n) is 4.36. The maximum Gasteiger partial charge on any atom is 0.180 e. The van der Waals surface area contributed by atoms with E-state index in [2.05, 4.69) is 25.2 Å². The zero-order valence-corrected chi connectivity index (χ0v) is 14.2. The van der Waals surface area contributed by atoms with Gasteiger partial charge in [-0.3, -0.25) is 4.98 Å². The Hall–Kier alpha value is -2.80. The van der Waals surface area contributed by atoms with Crippen molar-refractivity contribution in [1.82, 2.24) is 30.2 Å². The number of anilines is 1. The molecule has 0 spiro atoms. The molecule has 2 N–H and O–H groups in total. The second-order valence-corrected chi connectivity index (χ2v) is 6.15. The highest BCUT2D eigenvalue weighted by Gasteiger charge is 2.20. The van der Waals surface area contributed by atoms with Crippen LogP contribution in [0, 0.1) is 0 Å². The van der Waals surface area contributed by atoms with Gasteiger partial charge in [-0.2, -0.15) is 0 Å². The van der Waals surface area contributed by atoms with E-state index in [0.717, 1.165) is 49.0 Å². The molecule has 25 heavy (non-hydrogen) atoms. The average Bonchev–Trinajstić information content (AvgIpc) is 3.04. The van der Waals surface area contributed by atoms with Crippen LogP contribution in [-0.4, -0.2) is 45.1 Å². The molecule has 0 aromatic carbocycles. The van der Waals surface area contributed by atoms with Crippen molar-refractivity contribution >= 4 is 5.82 Å². The Bertz CT molecular complexity index is 830. The highest BCUT2D eigenvalue weighted by atomic mass is 15.2. The molecule has 0 aliphatic carbocycles. The highest BCUT2D eigenvalue weighted by Crippen LogP contribution is 2.26. The van der Waals surface area contributed by atoms with Crippen LogP contribution in [0.3, 0.4) is 0 Å². The van der Waals surface area contributed by atoms with Crippen LogP contribution in [-0.2, 0) is 19.4 Å². The quantitative estimate of drug-likeness (QED) is 0.753. The lowest BCUT2D eigenvalue weighted by molar-refractivity contribution is 0.708. The summed E-state index contributed by atoms with van der Waals surface area (Å²) in [6.07, 6.45) is 7.22. The van der Waals surface area contributed by atoms with Gasteiger partial charge in [0.15, 0.2) is 5.82 Å². The number of nitrogens with one attached hydrogen (secondary N) is 2.